The first-order valence-electron chi connectivity index (χ1n) is 7.64. The van der Waals surface area contributed by atoms with Gasteiger partial charge in [-0.15, -0.1) is 6.42 Å². The van der Waals surface area contributed by atoms with Crippen LogP contribution in [0.4, 0.5) is 4.79 Å². The number of carbonyl (C=O) groups excluding carboxylic acids is 2. The first-order valence-corrected chi connectivity index (χ1v) is 9.25. The number of halogens is 1. The molecule has 2 amide bonds. The molecule has 0 aromatic heterocycles. The standard InChI is InChI=1S/C18H18BrNO4S/c1-5-7-20-17(21)15(25-18(20)22)10-12-8-13(19)16(14(9-12)23-4)24-11(3)6-2/h1,8-11H,6-7H2,2-4H3/b15-10-/t11-/m0/s1. The van der Waals surface area contributed by atoms with Crippen molar-refractivity contribution in [3.05, 3.63) is 27.1 Å². The minimum Gasteiger partial charge on any atom is -0.493 e. The Hall–Kier alpha value is -1.91. The molecular weight excluding hydrogens is 406 g/mol. The third-order valence-electron chi connectivity index (χ3n) is 3.57. The molecule has 2 rings (SSSR count). The molecule has 0 N–H and O–H groups in total. The number of benzene rings is 1. The van der Waals surface area contributed by atoms with E-state index >= 15 is 0 Å². The highest BCUT2D eigenvalue weighted by atomic mass is 79.9. The molecule has 1 saturated heterocycles. The average Bonchev–Trinajstić information content (AvgIpc) is 2.84. The summed E-state index contributed by atoms with van der Waals surface area (Å²) in [5.41, 5.74) is 0.714. The molecular formula is C18H18BrNO4S. The van der Waals surface area contributed by atoms with Crippen LogP contribution in [-0.4, -0.2) is 35.8 Å². The molecule has 0 unspecified atom stereocenters. The van der Waals surface area contributed by atoms with Gasteiger partial charge in [-0.05, 0) is 64.8 Å². The molecule has 1 aromatic carbocycles. The Labute approximate surface area is 159 Å². The number of terminal acetylenes is 1. The van der Waals surface area contributed by atoms with Crippen LogP contribution in [0.5, 0.6) is 11.5 Å². The van der Waals surface area contributed by atoms with Crippen LogP contribution in [0.3, 0.4) is 0 Å². The van der Waals surface area contributed by atoms with Gasteiger partial charge in [0.15, 0.2) is 11.5 Å². The Kier molecular flexibility index (Phi) is 6.57. The molecule has 7 heteroatoms. The molecule has 0 aliphatic carbocycles. The van der Waals surface area contributed by atoms with E-state index in [1.54, 1.807) is 19.3 Å². The Morgan fingerprint density at radius 3 is 2.76 bits per heavy atom. The van der Waals surface area contributed by atoms with Crippen LogP contribution in [0.1, 0.15) is 25.8 Å². The number of amides is 2. The topological polar surface area (TPSA) is 55.8 Å². The quantitative estimate of drug-likeness (QED) is 0.504. The van der Waals surface area contributed by atoms with Gasteiger partial charge in [0.05, 0.1) is 29.1 Å². The Balaban J connectivity index is 2.35. The zero-order chi connectivity index (χ0) is 18.6. The summed E-state index contributed by atoms with van der Waals surface area (Å²) >= 11 is 4.35. The van der Waals surface area contributed by atoms with E-state index in [-0.39, 0.29) is 23.8 Å². The summed E-state index contributed by atoms with van der Waals surface area (Å²) in [6.07, 6.45) is 7.73. The summed E-state index contributed by atoms with van der Waals surface area (Å²) in [7, 11) is 1.55. The summed E-state index contributed by atoms with van der Waals surface area (Å²) in [5, 5.41) is -0.364. The van der Waals surface area contributed by atoms with Crippen LogP contribution in [0.2, 0.25) is 0 Å². The van der Waals surface area contributed by atoms with E-state index in [0.29, 0.717) is 26.4 Å². The van der Waals surface area contributed by atoms with Gasteiger partial charge in [-0.1, -0.05) is 12.8 Å². The third-order valence-corrected chi connectivity index (χ3v) is 5.06. The summed E-state index contributed by atoms with van der Waals surface area (Å²) < 4.78 is 12.0. The zero-order valence-electron chi connectivity index (χ0n) is 14.2. The van der Waals surface area contributed by atoms with Gasteiger partial charge in [-0.3, -0.25) is 14.5 Å². The van der Waals surface area contributed by atoms with E-state index < -0.39 is 0 Å². The lowest BCUT2D eigenvalue weighted by Gasteiger charge is -2.17. The molecule has 25 heavy (non-hydrogen) atoms. The second kappa shape index (κ2) is 8.45. The lowest BCUT2D eigenvalue weighted by Crippen LogP contribution is -2.28. The molecule has 0 saturated carbocycles. The van der Waals surface area contributed by atoms with Gasteiger partial charge >= 0.3 is 0 Å². The first kappa shape index (κ1) is 19.4. The van der Waals surface area contributed by atoms with Crippen LogP contribution in [0.15, 0.2) is 21.5 Å². The van der Waals surface area contributed by atoms with Crippen LogP contribution in [0, 0.1) is 12.3 Å². The van der Waals surface area contributed by atoms with Crippen molar-refractivity contribution in [3.63, 3.8) is 0 Å². The van der Waals surface area contributed by atoms with Crippen LogP contribution >= 0.6 is 27.7 Å². The van der Waals surface area contributed by atoms with Crippen molar-refractivity contribution >= 4 is 44.9 Å². The summed E-state index contributed by atoms with van der Waals surface area (Å²) in [5.74, 6) is 3.08. The molecule has 0 radical (unpaired) electrons. The number of nitrogens with zero attached hydrogens (tertiary/aromatic N) is 1. The lowest BCUT2D eigenvalue weighted by atomic mass is 10.1. The van der Waals surface area contributed by atoms with E-state index in [2.05, 4.69) is 21.9 Å². The molecule has 0 spiro atoms. The number of thioether (sulfide) groups is 1. The van der Waals surface area contributed by atoms with Crippen LogP contribution < -0.4 is 9.47 Å². The highest BCUT2D eigenvalue weighted by Gasteiger charge is 2.34. The molecule has 1 fully saturated rings. The number of methoxy groups -OCH3 is 1. The van der Waals surface area contributed by atoms with Gasteiger partial charge in [0.2, 0.25) is 0 Å². The van der Waals surface area contributed by atoms with E-state index in [0.717, 1.165) is 23.1 Å². The maximum Gasteiger partial charge on any atom is 0.294 e. The monoisotopic (exact) mass is 423 g/mol. The smallest absolute Gasteiger partial charge is 0.294 e. The summed E-state index contributed by atoms with van der Waals surface area (Å²) in [6, 6.07) is 3.58. The molecule has 1 aromatic rings. The highest BCUT2D eigenvalue weighted by molar-refractivity contribution is 9.10. The fourth-order valence-corrected chi connectivity index (χ4v) is 3.49. The highest BCUT2D eigenvalue weighted by Crippen LogP contribution is 2.39. The third kappa shape index (κ3) is 4.39. The second-order valence-corrected chi connectivity index (χ2v) is 7.19. The van der Waals surface area contributed by atoms with Gasteiger partial charge in [0.25, 0.3) is 11.1 Å². The number of hydrogen-bond donors (Lipinski definition) is 0. The number of carbonyl (C=O) groups is 2. The van der Waals surface area contributed by atoms with Crippen LogP contribution in [-0.2, 0) is 4.79 Å². The van der Waals surface area contributed by atoms with Gasteiger partial charge in [-0.25, -0.2) is 0 Å². The van der Waals surface area contributed by atoms with E-state index in [1.165, 1.54) is 0 Å². The number of imide groups is 1. The first-order chi connectivity index (χ1) is 11.9. The predicted molar refractivity (Wildman–Crippen MR) is 103 cm³/mol. The largest absolute Gasteiger partial charge is 0.493 e. The van der Waals surface area contributed by atoms with Gasteiger partial charge in [0, 0.05) is 0 Å². The van der Waals surface area contributed by atoms with Gasteiger partial charge in [-0.2, -0.15) is 0 Å². The number of ether oxygens (including phenoxy) is 2. The Morgan fingerprint density at radius 2 is 2.16 bits per heavy atom. The number of hydrogen-bond acceptors (Lipinski definition) is 5. The molecule has 1 aliphatic heterocycles. The van der Waals surface area contributed by atoms with Crippen molar-refractivity contribution in [2.45, 2.75) is 26.4 Å². The minimum atomic E-state index is -0.386. The number of rotatable bonds is 6. The van der Waals surface area contributed by atoms with Crippen molar-refractivity contribution < 1.29 is 19.1 Å². The van der Waals surface area contributed by atoms with E-state index in [4.69, 9.17) is 15.9 Å². The van der Waals surface area contributed by atoms with Gasteiger partial charge in [0.1, 0.15) is 0 Å². The Bertz CT molecular complexity index is 769. The minimum absolute atomic E-state index is 0.0310. The average molecular weight is 424 g/mol. The van der Waals surface area contributed by atoms with Crippen molar-refractivity contribution in [2.75, 3.05) is 13.7 Å². The molecule has 132 valence electrons. The summed E-state index contributed by atoms with van der Waals surface area (Å²) in [4.78, 5) is 25.5. The molecule has 1 atom stereocenters. The molecule has 1 aliphatic rings. The van der Waals surface area contributed by atoms with Crippen LogP contribution in [0.25, 0.3) is 6.08 Å². The van der Waals surface area contributed by atoms with Crippen molar-refractivity contribution in [3.8, 4) is 23.8 Å². The predicted octanol–water partition coefficient (Wildman–Crippen LogP) is 4.30. The maximum absolute atomic E-state index is 12.3. The van der Waals surface area contributed by atoms with E-state index in [9.17, 15) is 9.59 Å². The Morgan fingerprint density at radius 1 is 1.44 bits per heavy atom. The summed E-state index contributed by atoms with van der Waals surface area (Å²) in [6.45, 7) is 3.98. The SMILES string of the molecule is C#CCN1C(=O)S/C(=C\c2cc(Br)c(O[C@@H](C)CC)c(OC)c2)C1=O. The van der Waals surface area contributed by atoms with Crippen molar-refractivity contribution in [1.82, 2.24) is 4.90 Å². The van der Waals surface area contributed by atoms with Gasteiger partial charge < -0.3 is 9.47 Å². The lowest BCUT2D eigenvalue weighted by molar-refractivity contribution is -0.122. The maximum atomic E-state index is 12.3. The van der Waals surface area contributed by atoms with Crippen molar-refractivity contribution in [1.29, 1.82) is 0 Å². The molecule has 1 heterocycles. The normalized spacial score (nSPS) is 16.9. The fourth-order valence-electron chi connectivity index (χ4n) is 2.10. The van der Waals surface area contributed by atoms with E-state index in [1.807, 2.05) is 19.9 Å². The molecule has 5 nitrogen and oxygen atoms in total. The van der Waals surface area contributed by atoms with Crippen molar-refractivity contribution in [2.24, 2.45) is 0 Å². The second-order valence-electron chi connectivity index (χ2n) is 5.34. The fraction of sp³-hybridized carbons (Fsp3) is 0.333. The zero-order valence-corrected chi connectivity index (χ0v) is 16.6. The molecule has 0 bridgehead atoms.